The average Bonchev–Trinajstić information content (AvgIpc) is 3.25. The SMILES string of the molecule is COCN1N=NC2=C(c3nc(-c4ccncc4)cs3)NCN2C1=O. The number of fused-ring (bicyclic) bond motifs is 1. The first-order chi connectivity index (χ1) is 11.8. The van der Waals surface area contributed by atoms with Crippen molar-refractivity contribution in [2.75, 3.05) is 20.5 Å². The highest BCUT2D eigenvalue weighted by atomic mass is 32.1. The minimum Gasteiger partial charge on any atom is -0.362 e. The number of amides is 2. The Morgan fingerprint density at radius 2 is 2.21 bits per heavy atom. The summed E-state index contributed by atoms with van der Waals surface area (Å²) in [6.45, 7) is 0.387. The van der Waals surface area contributed by atoms with E-state index in [-0.39, 0.29) is 12.8 Å². The van der Waals surface area contributed by atoms with Gasteiger partial charge in [0.1, 0.15) is 17.4 Å². The Labute approximate surface area is 141 Å². The Hall–Kier alpha value is -2.85. The second kappa shape index (κ2) is 5.98. The van der Waals surface area contributed by atoms with Crippen LogP contribution in [0.4, 0.5) is 4.79 Å². The first kappa shape index (κ1) is 14.7. The van der Waals surface area contributed by atoms with Gasteiger partial charge in [-0.2, -0.15) is 5.01 Å². The average molecular weight is 343 g/mol. The van der Waals surface area contributed by atoms with Crippen LogP contribution in [0.25, 0.3) is 17.0 Å². The van der Waals surface area contributed by atoms with Gasteiger partial charge in [0.15, 0.2) is 5.82 Å². The summed E-state index contributed by atoms with van der Waals surface area (Å²) in [5, 5.41) is 15.1. The highest BCUT2D eigenvalue weighted by Gasteiger charge is 2.36. The van der Waals surface area contributed by atoms with Gasteiger partial charge in [-0.3, -0.25) is 9.88 Å². The molecule has 0 saturated carbocycles. The van der Waals surface area contributed by atoms with Gasteiger partial charge in [-0.25, -0.2) is 9.78 Å². The summed E-state index contributed by atoms with van der Waals surface area (Å²) in [4.78, 5) is 22.5. The van der Waals surface area contributed by atoms with E-state index >= 15 is 0 Å². The molecule has 2 amide bonds. The van der Waals surface area contributed by atoms with E-state index < -0.39 is 0 Å². The second-order valence-electron chi connectivity index (χ2n) is 5.02. The number of carbonyl (C=O) groups excluding carboxylic acids is 1. The van der Waals surface area contributed by atoms with Crippen molar-refractivity contribution in [2.24, 2.45) is 10.3 Å². The summed E-state index contributed by atoms with van der Waals surface area (Å²) in [6, 6.07) is 3.52. The molecule has 122 valence electrons. The van der Waals surface area contributed by atoms with Crippen LogP contribution in [-0.4, -0.2) is 46.4 Å². The molecule has 4 rings (SSSR count). The van der Waals surface area contributed by atoms with Gasteiger partial charge in [-0.05, 0) is 12.1 Å². The van der Waals surface area contributed by atoms with E-state index in [0.29, 0.717) is 18.2 Å². The molecule has 10 heteroatoms. The quantitative estimate of drug-likeness (QED) is 0.917. The van der Waals surface area contributed by atoms with Crippen molar-refractivity contribution in [3.63, 3.8) is 0 Å². The van der Waals surface area contributed by atoms with Crippen molar-refractivity contribution >= 4 is 23.1 Å². The van der Waals surface area contributed by atoms with Crippen LogP contribution in [-0.2, 0) is 4.74 Å². The smallest absolute Gasteiger partial charge is 0.351 e. The van der Waals surface area contributed by atoms with Crippen molar-refractivity contribution in [3.05, 3.63) is 40.7 Å². The number of urea groups is 1. The predicted octanol–water partition coefficient (Wildman–Crippen LogP) is 2.10. The maximum Gasteiger partial charge on any atom is 0.351 e. The Morgan fingerprint density at radius 1 is 1.38 bits per heavy atom. The fourth-order valence-corrected chi connectivity index (χ4v) is 3.25. The van der Waals surface area contributed by atoms with E-state index in [4.69, 9.17) is 4.74 Å². The number of nitrogens with zero attached hydrogens (tertiary/aromatic N) is 6. The minimum atomic E-state index is -0.282. The Balaban J connectivity index is 1.67. The van der Waals surface area contributed by atoms with Crippen LogP contribution in [0.3, 0.4) is 0 Å². The summed E-state index contributed by atoms with van der Waals surface area (Å²) in [7, 11) is 1.50. The molecule has 4 heterocycles. The highest BCUT2D eigenvalue weighted by Crippen LogP contribution is 2.32. The standard InChI is InChI=1S/C14H13N7O2S/c1-23-8-21-14(22)20-7-16-11(12(20)18-19-21)13-17-10(6-24-13)9-2-4-15-5-3-9/h2-6,16H,7-8H2,1H3. The number of rotatable bonds is 4. The molecule has 0 fully saturated rings. The molecule has 0 atom stereocenters. The molecule has 2 aromatic rings. The maximum atomic E-state index is 12.3. The number of hydrogen-bond acceptors (Lipinski definition) is 8. The molecule has 2 aliphatic heterocycles. The number of hydrogen-bond donors (Lipinski definition) is 1. The van der Waals surface area contributed by atoms with Crippen LogP contribution in [0.1, 0.15) is 5.01 Å². The van der Waals surface area contributed by atoms with Gasteiger partial charge in [0.05, 0.1) is 12.4 Å². The normalized spacial score (nSPS) is 16.6. The monoisotopic (exact) mass is 343 g/mol. The van der Waals surface area contributed by atoms with E-state index in [0.717, 1.165) is 16.3 Å². The van der Waals surface area contributed by atoms with Gasteiger partial charge >= 0.3 is 6.03 Å². The zero-order chi connectivity index (χ0) is 16.5. The Morgan fingerprint density at radius 3 is 3.00 bits per heavy atom. The lowest BCUT2D eigenvalue weighted by atomic mass is 10.2. The van der Waals surface area contributed by atoms with Gasteiger partial charge < -0.3 is 10.1 Å². The third-order valence-electron chi connectivity index (χ3n) is 3.54. The van der Waals surface area contributed by atoms with E-state index in [9.17, 15) is 4.79 Å². The molecular weight excluding hydrogens is 330 g/mol. The summed E-state index contributed by atoms with van der Waals surface area (Å²) < 4.78 is 4.94. The topological polar surface area (TPSA) is 95.3 Å². The van der Waals surface area contributed by atoms with E-state index in [1.165, 1.54) is 28.4 Å². The van der Waals surface area contributed by atoms with Gasteiger partial charge in [-0.15, -0.1) is 16.5 Å². The summed E-state index contributed by atoms with van der Waals surface area (Å²) in [6.07, 6.45) is 3.45. The highest BCUT2D eigenvalue weighted by molar-refractivity contribution is 7.11. The van der Waals surface area contributed by atoms with Crippen molar-refractivity contribution in [3.8, 4) is 11.3 Å². The number of carbonyl (C=O) groups is 1. The van der Waals surface area contributed by atoms with Crippen molar-refractivity contribution in [1.29, 1.82) is 0 Å². The van der Waals surface area contributed by atoms with Crippen molar-refractivity contribution < 1.29 is 9.53 Å². The third-order valence-corrected chi connectivity index (χ3v) is 4.40. The second-order valence-corrected chi connectivity index (χ2v) is 5.88. The maximum absolute atomic E-state index is 12.3. The number of methoxy groups -OCH3 is 1. The first-order valence-electron chi connectivity index (χ1n) is 7.12. The van der Waals surface area contributed by atoms with Crippen LogP contribution in [0, 0.1) is 0 Å². The molecule has 2 aliphatic rings. The molecule has 0 bridgehead atoms. The molecule has 1 N–H and O–H groups in total. The summed E-state index contributed by atoms with van der Waals surface area (Å²) in [5.41, 5.74) is 2.54. The van der Waals surface area contributed by atoms with Crippen LogP contribution in [0.15, 0.2) is 46.1 Å². The van der Waals surface area contributed by atoms with Crippen molar-refractivity contribution in [1.82, 2.24) is 25.2 Å². The van der Waals surface area contributed by atoms with Gasteiger partial charge in [0.2, 0.25) is 0 Å². The zero-order valence-corrected chi connectivity index (χ0v) is 13.5. The summed E-state index contributed by atoms with van der Waals surface area (Å²) >= 11 is 1.48. The number of thiazole rings is 1. The molecule has 24 heavy (non-hydrogen) atoms. The molecule has 0 unspecified atom stereocenters. The molecule has 9 nitrogen and oxygen atoms in total. The van der Waals surface area contributed by atoms with Gasteiger partial charge in [0, 0.05) is 30.4 Å². The largest absolute Gasteiger partial charge is 0.362 e. The molecule has 0 spiro atoms. The Bertz CT molecular complexity index is 833. The molecule has 0 saturated heterocycles. The Kier molecular flexibility index (Phi) is 3.67. The number of ether oxygens (including phenoxy) is 1. The van der Waals surface area contributed by atoms with Gasteiger partial charge in [-0.1, -0.05) is 5.22 Å². The van der Waals surface area contributed by atoms with Crippen LogP contribution >= 0.6 is 11.3 Å². The van der Waals surface area contributed by atoms with Crippen LogP contribution in [0.5, 0.6) is 0 Å². The minimum absolute atomic E-state index is 0.0604. The summed E-state index contributed by atoms with van der Waals surface area (Å²) in [5.74, 6) is 0.475. The molecule has 0 aromatic carbocycles. The fraction of sp³-hybridized carbons (Fsp3) is 0.214. The van der Waals surface area contributed by atoms with E-state index in [1.54, 1.807) is 12.4 Å². The van der Waals surface area contributed by atoms with E-state index in [2.05, 4.69) is 25.6 Å². The number of nitrogens with one attached hydrogen (secondary N) is 1. The molecular formula is C14H13N7O2S. The molecule has 0 aliphatic carbocycles. The number of aromatic nitrogens is 2. The zero-order valence-electron chi connectivity index (χ0n) is 12.7. The fourth-order valence-electron chi connectivity index (χ4n) is 2.40. The van der Waals surface area contributed by atoms with Crippen LogP contribution < -0.4 is 5.32 Å². The lowest BCUT2D eigenvalue weighted by molar-refractivity contribution is 0.0599. The number of pyridine rings is 1. The van der Waals surface area contributed by atoms with Crippen molar-refractivity contribution in [2.45, 2.75) is 0 Å². The lowest BCUT2D eigenvalue weighted by Gasteiger charge is -2.25. The molecule has 2 aromatic heterocycles. The molecule has 0 radical (unpaired) electrons. The lowest BCUT2D eigenvalue weighted by Crippen LogP contribution is -2.42. The predicted molar refractivity (Wildman–Crippen MR) is 86.1 cm³/mol. The van der Waals surface area contributed by atoms with Crippen LogP contribution in [0.2, 0.25) is 0 Å². The van der Waals surface area contributed by atoms with Gasteiger partial charge in [0.25, 0.3) is 0 Å². The third kappa shape index (κ3) is 2.41. The first-order valence-corrected chi connectivity index (χ1v) is 8.00. The van der Waals surface area contributed by atoms with E-state index in [1.807, 2.05) is 17.5 Å².